The van der Waals surface area contributed by atoms with Crippen molar-refractivity contribution >= 4 is 0 Å². The molecule has 2 aromatic rings. The van der Waals surface area contributed by atoms with Crippen LogP contribution in [0.5, 0.6) is 0 Å². The number of aromatic nitrogens is 3. The Bertz CT molecular complexity index is 496. The highest BCUT2D eigenvalue weighted by molar-refractivity contribution is 5.51. The summed E-state index contributed by atoms with van der Waals surface area (Å²) in [5, 5.41) is 7.34. The molecule has 2 atom stereocenters. The molecule has 0 aliphatic carbocycles. The summed E-state index contributed by atoms with van der Waals surface area (Å²) < 4.78 is 5.34. The summed E-state index contributed by atoms with van der Waals surface area (Å²) >= 11 is 0. The Morgan fingerprint density at radius 2 is 2.35 bits per heavy atom. The van der Waals surface area contributed by atoms with Gasteiger partial charge in [0.2, 0.25) is 11.7 Å². The van der Waals surface area contributed by atoms with Gasteiger partial charge >= 0.3 is 0 Å². The van der Waals surface area contributed by atoms with Crippen molar-refractivity contribution in [1.29, 1.82) is 0 Å². The highest BCUT2D eigenvalue weighted by Crippen LogP contribution is 2.27. The molecular weight excluding hydrogens is 216 g/mol. The normalized spacial score (nSPS) is 24.1. The van der Waals surface area contributed by atoms with Crippen LogP contribution in [-0.2, 0) is 0 Å². The van der Waals surface area contributed by atoms with Gasteiger partial charge in [-0.25, -0.2) is 0 Å². The van der Waals surface area contributed by atoms with Gasteiger partial charge in [0.25, 0.3) is 0 Å². The van der Waals surface area contributed by atoms with Crippen LogP contribution in [0.15, 0.2) is 29.0 Å². The summed E-state index contributed by atoms with van der Waals surface area (Å²) in [5.74, 6) is 2.21. The third-order valence-electron chi connectivity index (χ3n) is 3.20. The summed E-state index contributed by atoms with van der Waals surface area (Å²) in [6.45, 7) is 4.11. The van der Waals surface area contributed by atoms with Crippen LogP contribution in [0.25, 0.3) is 11.4 Å². The topological polar surface area (TPSA) is 63.8 Å². The Kier molecular flexibility index (Phi) is 2.60. The molecule has 1 N–H and O–H groups in total. The van der Waals surface area contributed by atoms with Crippen molar-refractivity contribution in [2.75, 3.05) is 13.1 Å². The van der Waals surface area contributed by atoms with Gasteiger partial charge in [-0.2, -0.15) is 4.98 Å². The summed E-state index contributed by atoms with van der Waals surface area (Å²) in [5.41, 5.74) is 0.890. The smallest absolute Gasteiger partial charge is 0.231 e. The van der Waals surface area contributed by atoms with Crippen molar-refractivity contribution in [3.8, 4) is 11.4 Å². The van der Waals surface area contributed by atoms with Gasteiger partial charge in [-0.3, -0.25) is 4.98 Å². The lowest BCUT2D eigenvalue weighted by molar-refractivity contribution is 0.340. The minimum atomic E-state index is 0.327. The molecule has 1 fully saturated rings. The van der Waals surface area contributed by atoms with Crippen molar-refractivity contribution < 1.29 is 4.52 Å². The number of hydrogen-bond acceptors (Lipinski definition) is 5. The fourth-order valence-electron chi connectivity index (χ4n) is 2.14. The van der Waals surface area contributed by atoms with E-state index in [9.17, 15) is 0 Å². The number of nitrogens with zero attached hydrogens (tertiary/aromatic N) is 3. The van der Waals surface area contributed by atoms with E-state index < -0.39 is 0 Å². The molecule has 0 saturated carbocycles. The molecule has 2 unspecified atom stereocenters. The monoisotopic (exact) mass is 230 g/mol. The summed E-state index contributed by atoms with van der Waals surface area (Å²) in [6.07, 6.45) is 3.47. The third-order valence-corrected chi connectivity index (χ3v) is 3.20. The molecule has 5 heteroatoms. The van der Waals surface area contributed by atoms with E-state index in [-0.39, 0.29) is 0 Å². The second-order valence-corrected chi connectivity index (χ2v) is 4.44. The molecule has 0 aromatic carbocycles. The average molecular weight is 230 g/mol. The fraction of sp³-hybridized carbons (Fsp3) is 0.417. The predicted octanol–water partition coefficient (Wildman–Crippen LogP) is 1.45. The van der Waals surface area contributed by atoms with Crippen LogP contribution in [0, 0.1) is 5.92 Å². The van der Waals surface area contributed by atoms with Crippen LogP contribution in [-0.4, -0.2) is 28.2 Å². The molecule has 0 radical (unpaired) electrons. The lowest BCUT2D eigenvalue weighted by Crippen LogP contribution is -2.08. The maximum atomic E-state index is 5.34. The van der Waals surface area contributed by atoms with Gasteiger partial charge in [-0.1, -0.05) is 12.1 Å². The van der Waals surface area contributed by atoms with E-state index in [1.807, 2.05) is 12.1 Å². The Balaban J connectivity index is 1.88. The highest BCUT2D eigenvalue weighted by atomic mass is 16.5. The van der Waals surface area contributed by atoms with Gasteiger partial charge in [0, 0.05) is 24.5 Å². The molecule has 1 aliphatic rings. The second-order valence-electron chi connectivity index (χ2n) is 4.44. The molecule has 1 saturated heterocycles. The molecule has 3 rings (SSSR count). The van der Waals surface area contributed by atoms with Crippen LogP contribution in [0.1, 0.15) is 18.7 Å². The first kappa shape index (κ1) is 10.4. The lowest BCUT2D eigenvalue weighted by Gasteiger charge is -2.07. The third kappa shape index (κ3) is 1.93. The van der Waals surface area contributed by atoms with Gasteiger partial charge in [-0.15, -0.1) is 0 Å². The average Bonchev–Trinajstić information content (AvgIpc) is 2.98. The molecular formula is C12H14N4O. The Morgan fingerprint density at radius 3 is 3.06 bits per heavy atom. The molecule has 0 amide bonds. The minimum Gasteiger partial charge on any atom is -0.339 e. The zero-order valence-corrected chi connectivity index (χ0v) is 9.63. The van der Waals surface area contributed by atoms with Gasteiger partial charge in [0.05, 0.1) is 5.92 Å². The molecule has 3 heterocycles. The molecule has 2 aromatic heterocycles. The van der Waals surface area contributed by atoms with Crippen molar-refractivity contribution in [3.63, 3.8) is 0 Å². The Morgan fingerprint density at radius 1 is 1.41 bits per heavy atom. The Hall–Kier alpha value is -1.75. The van der Waals surface area contributed by atoms with E-state index in [4.69, 9.17) is 4.52 Å². The van der Waals surface area contributed by atoms with Gasteiger partial charge in [0.1, 0.15) is 0 Å². The number of rotatable bonds is 2. The SMILES string of the molecule is CC1CNCC1c1nc(-c2cccnc2)no1. The van der Waals surface area contributed by atoms with Gasteiger partial charge in [-0.05, 0) is 24.6 Å². The molecule has 88 valence electrons. The van der Waals surface area contributed by atoms with E-state index in [0.717, 1.165) is 24.5 Å². The summed E-state index contributed by atoms with van der Waals surface area (Å²) in [7, 11) is 0. The van der Waals surface area contributed by atoms with Crippen LogP contribution >= 0.6 is 0 Å². The summed E-state index contributed by atoms with van der Waals surface area (Å²) in [6, 6.07) is 3.79. The number of nitrogens with one attached hydrogen (secondary N) is 1. The first-order valence-corrected chi connectivity index (χ1v) is 5.79. The van der Waals surface area contributed by atoms with E-state index in [1.165, 1.54) is 0 Å². The Labute approximate surface area is 99.3 Å². The van der Waals surface area contributed by atoms with E-state index in [0.29, 0.717) is 17.7 Å². The van der Waals surface area contributed by atoms with Crippen molar-refractivity contribution in [3.05, 3.63) is 30.4 Å². The zero-order valence-electron chi connectivity index (χ0n) is 9.63. The molecule has 5 nitrogen and oxygen atoms in total. The minimum absolute atomic E-state index is 0.327. The van der Waals surface area contributed by atoms with E-state index >= 15 is 0 Å². The fourth-order valence-corrected chi connectivity index (χ4v) is 2.14. The predicted molar refractivity (Wildman–Crippen MR) is 62.3 cm³/mol. The van der Waals surface area contributed by atoms with E-state index in [1.54, 1.807) is 12.4 Å². The maximum Gasteiger partial charge on any atom is 0.231 e. The van der Waals surface area contributed by atoms with Crippen molar-refractivity contribution in [1.82, 2.24) is 20.4 Å². The number of hydrogen-bond donors (Lipinski definition) is 1. The largest absolute Gasteiger partial charge is 0.339 e. The standard InChI is InChI=1S/C12H14N4O/c1-8-5-14-7-10(8)12-15-11(16-17-12)9-3-2-4-13-6-9/h2-4,6,8,10,14H,5,7H2,1H3. The van der Waals surface area contributed by atoms with E-state index in [2.05, 4.69) is 27.4 Å². The molecule has 17 heavy (non-hydrogen) atoms. The second kappa shape index (κ2) is 4.25. The summed E-state index contributed by atoms with van der Waals surface area (Å²) in [4.78, 5) is 8.50. The van der Waals surface area contributed by atoms with Gasteiger partial charge < -0.3 is 9.84 Å². The quantitative estimate of drug-likeness (QED) is 0.846. The van der Waals surface area contributed by atoms with Crippen LogP contribution in [0.2, 0.25) is 0 Å². The van der Waals surface area contributed by atoms with Crippen LogP contribution < -0.4 is 5.32 Å². The van der Waals surface area contributed by atoms with Crippen molar-refractivity contribution in [2.24, 2.45) is 5.92 Å². The first-order chi connectivity index (χ1) is 8.34. The van der Waals surface area contributed by atoms with Gasteiger partial charge in [0.15, 0.2) is 0 Å². The molecule has 1 aliphatic heterocycles. The van der Waals surface area contributed by atoms with Crippen LogP contribution in [0.4, 0.5) is 0 Å². The maximum absolute atomic E-state index is 5.34. The van der Waals surface area contributed by atoms with Crippen LogP contribution in [0.3, 0.4) is 0 Å². The first-order valence-electron chi connectivity index (χ1n) is 5.79. The number of pyridine rings is 1. The molecule has 0 spiro atoms. The zero-order chi connectivity index (χ0) is 11.7. The molecule has 0 bridgehead atoms. The van der Waals surface area contributed by atoms with Crippen molar-refractivity contribution in [2.45, 2.75) is 12.8 Å². The highest BCUT2D eigenvalue weighted by Gasteiger charge is 2.29. The lowest BCUT2D eigenvalue weighted by atomic mass is 9.98.